The summed E-state index contributed by atoms with van der Waals surface area (Å²) in [6.07, 6.45) is -0.916. The molecule has 1 saturated heterocycles. The minimum atomic E-state index is -2.16. The fourth-order valence-electron chi connectivity index (χ4n) is 2.04. The molecule has 100 valence electrons. The van der Waals surface area contributed by atoms with Crippen LogP contribution in [0.4, 0.5) is 4.39 Å². The number of aromatic amines is 1. The second-order valence-corrected chi connectivity index (χ2v) is 4.87. The highest BCUT2D eigenvalue weighted by Gasteiger charge is 2.61. The summed E-state index contributed by atoms with van der Waals surface area (Å²) >= 11 is 0. The largest absolute Gasteiger partial charge is 0.384 e. The predicted molar refractivity (Wildman–Crippen MR) is 61.0 cm³/mol. The van der Waals surface area contributed by atoms with Gasteiger partial charge in [0.2, 0.25) is 0 Å². The number of hydrogen-bond donors (Lipinski definition) is 2. The highest BCUT2D eigenvalue weighted by molar-refractivity contribution is 5.07. The third-order valence-electron chi connectivity index (χ3n) is 3.68. The molecule has 2 rings (SSSR count). The fourth-order valence-corrected chi connectivity index (χ4v) is 2.04. The highest BCUT2D eigenvalue weighted by atomic mass is 19.1. The van der Waals surface area contributed by atoms with Gasteiger partial charge in [-0.1, -0.05) is 0 Å². The van der Waals surface area contributed by atoms with Crippen molar-refractivity contribution < 1.29 is 14.2 Å². The number of hydrogen-bond acceptors (Lipinski definition) is 4. The average Bonchev–Trinajstić information content (AvgIpc) is 2.39. The van der Waals surface area contributed by atoms with E-state index in [1.54, 1.807) is 0 Å². The van der Waals surface area contributed by atoms with Gasteiger partial charge in [-0.2, -0.15) is 0 Å². The van der Waals surface area contributed by atoms with Crippen LogP contribution in [0.5, 0.6) is 0 Å². The van der Waals surface area contributed by atoms with Crippen LogP contribution in [-0.2, 0) is 4.74 Å². The van der Waals surface area contributed by atoms with Crippen LogP contribution < -0.4 is 11.2 Å². The van der Waals surface area contributed by atoms with Crippen molar-refractivity contribution in [3.8, 4) is 0 Å². The van der Waals surface area contributed by atoms with E-state index in [4.69, 9.17) is 4.74 Å². The molecule has 2 unspecified atom stereocenters. The van der Waals surface area contributed by atoms with Gasteiger partial charge in [-0.15, -0.1) is 0 Å². The molecule has 6 nitrogen and oxygen atoms in total. The maximum atomic E-state index is 14.6. The Hall–Kier alpha value is -1.47. The third kappa shape index (κ3) is 1.62. The topological polar surface area (TPSA) is 84.3 Å². The van der Waals surface area contributed by atoms with Gasteiger partial charge in [0.05, 0.1) is 6.10 Å². The number of aliphatic hydroxyl groups is 1. The van der Waals surface area contributed by atoms with E-state index in [1.165, 1.54) is 20.8 Å². The Bertz CT molecular complexity index is 575. The number of nitrogens with zero attached hydrogens (tertiary/aromatic N) is 1. The number of alkyl halides is 1. The summed E-state index contributed by atoms with van der Waals surface area (Å²) in [5, 5.41) is 10.1. The second-order valence-electron chi connectivity index (χ2n) is 4.87. The van der Waals surface area contributed by atoms with Gasteiger partial charge in [-0.3, -0.25) is 14.3 Å². The van der Waals surface area contributed by atoms with Gasteiger partial charge < -0.3 is 9.84 Å². The van der Waals surface area contributed by atoms with E-state index in [0.29, 0.717) is 0 Å². The van der Waals surface area contributed by atoms with Crippen LogP contribution in [0.3, 0.4) is 0 Å². The summed E-state index contributed by atoms with van der Waals surface area (Å²) in [5.74, 6) is 0. The van der Waals surface area contributed by atoms with E-state index in [9.17, 15) is 19.1 Å². The lowest BCUT2D eigenvalue weighted by Gasteiger charge is -2.32. The minimum absolute atomic E-state index is 0.574. The van der Waals surface area contributed by atoms with E-state index in [-0.39, 0.29) is 0 Å². The monoisotopic (exact) mass is 258 g/mol. The first-order valence-corrected chi connectivity index (χ1v) is 5.56. The Labute approximate surface area is 102 Å². The summed E-state index contributed by atoms with van der Waals surface area (Å²) in [7, 11) is 0. The van der Waals surface area contributed by atoms with Crippen molar-refractivity contribution in [1.29, 1.82) is 0 Å². The van der Waals surface area contributed by atoms with Crippen molar-refractivity contribution in [2.24, 2.45) is 0 Å². The van der Waals surface area contributed by atoms with Gasteiger partial charge in [0.1, 0.15) is 5.60 Å². The number of halogens is 1. The Morgan fingerprint density at radius 2 is 2.11 bits per heavy atom. The van der Waals surface area contributed by atoms with Crippen LogP contribution in [0.2, 0.25) is 0 Å². The Kier molecular flexibility index (Phi) is 2.71. The normalized spacial score (nSPS) is 40.1. The van der Waals surface area contributed by atoms with Crippen LogP contribution in [0.1, 0.15) is 27.0 Å². The van der Waals surface area contributed by atoms with Gasteiger partial charge in [0.15, 0.2) is 11.9 Å². The molecule has 0 amide bonds. The quantitative estimate of drug-likeness (QED) is 0.738. The zero-order valence-electron chi connectivity index (χ0n) is 10.3. The lowest BCUT2D eigenvalue weighted by Crippen LogP contribution is -2.51. The third-order valence-corrected chi connectivity index (χ3v) is 3.68. The maximum Gasteiger partial charge on any atom is 0.330 e. The van der Waals surface area contributed by atoms with Crippen molar-refractivity contribution in [3.63, 3.8) is 0 Å². The van der Waals surface area contributed by atoms with E-state index in [2.05, 4.69) is 0 Å². The molecule has 0 aliphatic carbocycles. The Balaban J connectivity index is 2.53. The van der Waals surface area contributed by atoms with Crippen molar-refractivity contribution in [2.45, 2.75) is 44.4 Å². The molecule has 1 aliphatic rings. The molecule has 0 bridgehead atoms. The minimum Gasteiger partial charge on any atom is -0.384 e. The average molecular weight is 258 g/mol. The van der Waals surface area contributed by atoms with Crippen LogP contribution in [-0.4, -0.2) is 32.0 Å². The molecule has 0 saturated carbocycles. The molecule has 2 N–H and O–H groups in total. The lowest BCUT2D eigenvalue weighted by atomic mass is 9.85. The van der Waals surface area contributed by atoms with Gasteiger partial charge in [-0.05, 0) is 20.8 Å². The number of nitrogens with one attached hydrogen (secondary N) is 1. The summed E-state index contributed by atoms with van der Waals surface area (Å²) in [4.78, 5) is 24.6. The number of ether oxygens (including phenoxy) is 1. The van der Waals surface area contributed by atoms with Crippen molar-refractivity contribution >= 4 is 0 Å². The zero-order chi connectivity index (χ0) is 13.7. The standard InChI is InChI=1S/C11H15FN2O4/c1-6-11(3,17)10(2,12)8(18-6)14-5-4-7(15)13-9(14)16/h4-6,8,17H,1-3H3,(H,13,15,16)/t6-,8?,10+,11?/m1/s1. The molecule has 1 aromatic rings. The molecule has 1 aromatic heterocycles. The summed E-state index contributed by atoms with van der Waals surface area (Å²) < 4.78 is 20.9. The van der Waals surface area contributed by atoms with E-state index in [0.717, 1.165) is 16.8 Å². The zero-order valence-corrected chi connectivity index (χ0v) is 10.3. The first-order chi connectivity index (χ1) is 8.18. The van der Waals surface area contributed by atoms with Crippen LogP contribution in [0.15, 0.2) is 21.9 Å². The fraction of sp³-hybridized carbons (Fsp3) is 0.636. The summed E-state index contributed by atoms with van der Waals surface area (Å²) in [5.41, 5.74) is -5.24. The first-order valence-electron chi connectivity index (χ1n) is 5.56. The van der Waals surface area contributed by atoms with Gasteiger partial charge >= 0.3 is 5.69 Å². The SMILES string of the molecule is C[C@H]1OC(n2ccc(=O)[nH]c2=O)[C@](C)(F)C1(C)O. The van der Waals surface area contributed by atoms with Crippen molar-refractivity contribution in [2.75, 3.05) is 0 Å². The van der Waals surface area contributed by atoms with Crippen LogP contribution in [0.25, 0.3) is 0 Å². The molecule has 0 spiro atoms. The molecule has 1 fully saturated rings. The second kappa shape index (κ2) is 3.76. The number of aromatic nitrogens is 2. The maximum absolute atomic E-state index is 14.6. The molecular formula is C11H15FN2O4. The predicted octanol–water partition coefficient (Wildman–Crippen LogP) is -0.0669. The Morgan fingerprint density at radius 3 is 2.56 bits per heavy atom. The smallest absolute Gasteiger partial charge is 0.330 e. The molecule has 1 aliphatic heterocycles. The summed E-state index contributed by atoms with van der Waals surface area (Å²) in [6.45, 7) is 4.00. The molecular weight excluding hydrogens is 243 g/mol. The van der Waals surface area contributed by atoms with Gasteiger partial charge in [-0.25, -0.2) is 9.18 Å². The van der Waals surface area contributed by atoms with Crippen LogP contribution >= 0.6 is 0 Å². The number of H-pyrrole nitrogens is 1. The molecule has 7 heteroatoms. The summed E-state index contributed by atoms with van der Waals surface area (Å²) in [6, 6.07) is 1.10. The van der Waals surface area contributed by atoms with Gasteiger partial charge in [0.25, 0.3) is 5.56 Å². The van der Waals surface area contributed by atoms with Gasteiger partial charge in [0, 0.05) is 12.3 Å². The molecule has 2 heterocycles. The van der Waals surface area contributed by atoms with E-state index >= 15 is 0 Å². The van der Waals surface area contributed by atoms with Crippen molar-refractivity contribution in [1.82, 2.24) is 9.55 Å². The number of rotatable bonds is 1. The first kappa shape index (κ1) is 13.0. The molecule has 0 radical (unpaired) electrons. The van der Waals surface area contributed by atoms with E-state index in [1.807, 2.05) is 4.98 Å². The molecule has 4 atom stereocenters. The lowest BCUT2D eigenvalue weighted by molar-refractivity contribution is -0.0787. The molecule has 0 aromatic carbocycles. The highest BCUT2D eigenvalue weighted by Crippen LogP contribution is 2.47. The Morgan fingerprint density at radius 1 is 1.50 bits per heavy atom. The van der Waals surface area contributed by atoms with E-state index < -0.39 is 34.9 Å². The van der Waals surface area contributed by atoms with Crippen LogP contribution in [0, 0.1) is 0 Å². The van der Waals surface area contributed by atoms with Crippen molar-refractivity contribution in [3.05, 3.63) is 33.1 Å². The molecule has 18 heavy (non-hydrogen) atoms.